The van der Waals surface area contributed by atoms with E-state index in [1.807, 2.05) is 24.3 Å². The third-order valence-electron chi connectivity index (χ3n) is 3.86. The molecule has 2 aromatic carbocycles. The van der Waals surface area contributed by atoms with Gasteiger partial charge in [-0.1, -0.05) is 18.2 Å². The average molecular weight is 311 g/mol. The molecule has 23 heavy (non-hydrogen) atoms. The Morgan fingerprint density at radius 2 is 2.04 bits per heavy atom. The fourth-order valence-electron chi connectivity index (χ4n) is 2.69. The Labute approximate surface area is 134 Å². The Balaban J connectivity index is 1.69. The third-order valence-corrected chi connectivity index (χ3v) is 3.86. The van der Waals surface area contributed by atoms with E-state index in [0.717, 1.165) is 18.4 Å². The molecule has 118 valence electrons. The Morgan fingerprint density at radius 1 is 1.22 bits per heavy atom. The number of anilines is 1. The van der Waals surface area contributed by atoms with E-state index in [2.05, 4.69) is 0 Å². The molecule has 0 N–H and O–H groups in total. The van der Waals surface area contributed by atoms with Crippen LogP contribution in [0.3, 0.4) is 0 Å². The SMILES string of the molecule is COc1cc(C=O)ccc1OCC(=O)N1CCc2ccccc21. The van der Waals surface area contributed by atoms with Gasteiger partial charge in [-0.15, -0.1) is 0 Å². The molecule has 5 heteroatoms. The summed E-state index contributed by atoms with van der Waals surface area (Å²) >= 11 is 0. The zero-order valence-electron chi connectivity index (χ0n) is 12.8. The lowest BCUT2D eigenvalue weighted by molar-refractivity contribution is -0.120. The van der Waals surface area contributed by atoms with Crippen molar-refractivity contribution in [2.45, 2.75) is 6.42 Å². The first-order chi connectivity index (χ1) is 11.2. The van der Waals surface area contributed by atoms with Crippen LogP contribution in [-0.2, 0) is 11.2 Å². The predicted molar refractivity (Wildman–Crippen MR) is 86.4 cm³/mol. The number of rotatable bonds is 5. The number of hydrogen-bond acceptors (Lipinski definition) is 4. The Hall–Kier alpha value is -2.82. The second-order valence-corrected chi connectivity index (χ2v) is 5.24. The van der Waals surface area contributed by atoms with Crippen LogP contribution in [-0.4, -0.2) is 32.5 Å². The van der Waals surface area contributed by atoms with E-state index in [9.17, 15) is 9.59 Å². The van der Waals surface area contributed by atoms with Gasteiger partial charge in [0.15, 0.2) is 18.1 Å². The molecule has 0 saturated carbocycles. The molecule has 0 fully saturated rings. The highest BCUT2D eigenvalue weighted by Gasteiger charge is 2.24. The lowest BCUT2D eigenvalue weighted by Gasteiger charge is -2.18. The number of aldehydes is 1. The maximum atomic E-state index is 12.4. The van der Waals surface area contributed by atoms with Gasteiger partial charge in [-0.3, -0.25) is 9.59 Å². The molecule has 0 saturated heterocycles. The van der Waals surface area contributed by atoms with Gasteiger partial charge in [-0.25, -0.2) is 0 Å². The molecule has 1 amide bonds. The smallest absolute Gasteiger partial charge is 0.264 e. The first-order valence-electron chi connectivity index (χ1n) is 7.37. The van der Waals surface area contributed by atoms with Crippen LogP contribution in [0.1, 0.15) is 15.9 Å². The Morgan fingerprint density at radius 3 is 2.83 bits per heavy atom. The van der Waals surface area contributed by atoms with Crippen LogP contribution >= 0.6 is 0 Å². The summed E-state index contributed by atoms with van der Waals surface area (Å²) in [6.07, 6.45) is 1.60. The summed E-state index contributed by atoms with van der Waals surface area (Å²) in [5, 5.41) is 0. The van der Waals surface area contributed by atoms with E-state index in [1.165, 1.54) is 12.7 Å². The van der Waals surface area contributed by atoms with Crippen LogP contribution in [0.5, 0.6) is 11.5 Å². The molecule has 0 bridgehead atoms. The monoisotopic (exact) mass is 311 g/mol. The van der Waals surface area contributed by atoms with Crippen LogP contribution in [0.25, 0.3) is 0 Å². The molecule has 1 aliphatic rings. The molecule has 1 aliphatic heterocycles. The number of hydrogen-bond donors (Lipinski definition) is 0. The summed E-state index contributed by atoms with van der Waals surface area (Å²) in [7, 11) is 1.50. The summed E-state index contributed by atoms with van der Waals surface area (Å²) in [5.74, 6) is 0.777. The minimum absolute atomic E-state index is 0.0782. The van der Waals surface area contributed by atoms with Crippen LogP contribution in [0.2, 0.25) is 0 Å². The number of carbonyl (C=O) groups excluding carboxylic acids is 2. The van der Waals surface area contributed by atoms with E-state index in [0.29, 0.717) is 23.6 Å². The largest absolute Gasteiger partial charge is 0.493 e. The van der Waals surface area contributed by atoms with Crippen LogP contribution in [0.4, 0.5) is 5.69 Å². The van der Waals surface area contributed by atoms with E-state index >= 15 is 0 Å². The number of nitrogens with zero attached hydrogens (tertiary/aromatic N) is 1. The summed E-state index contributed by atoms with van der Waals surface area (Å²) in [4.78, 5) is 24.9. The van der Waals surface area contributed by atoms with Crippen LogP contribution in [0, 0.1) is 0 Å². The number of fused-ring (bicyclic) bond motifs is 1. The number of amides is 1. The summed E-state index contributed by atoms with van der Waals surface area (Å²) < 4.78 is 10.8. The number of carbonyl (C=O) groups is 2. The molecular weight excluding hydrogens is 294 g/mol. The van der Waals surface area contributed by atoms with Crippen molar-refractivity contribution < 1.29 is 19.1 Å². The second-order valence-electron chi connectivity index (χ2n) is 5.24. The van der Waals surface area contributed by atoms with Gasteiger partial charge in [0.25, 0.3) is 5.91 Å². The molecule has 0 radical (unpaired) electrons. The number of para-hydroxylation sites is 1. The molecule has 0 unspecified atom stereocenters. The minimum Gasteiger partial charge on any atom is -0.493 e. The van der Waals surface area contributed by atoms with Gasteiger partial charge in [-0.2, -0.15) is 0 Å². The van der Waals surface area contributed by atoms with Crippen molar-refractivity contribution in [3.63, 3.8) is 0 Å². The van der Waals surface area contributed by atoms with Crippen molar-refractivity contribution >= 4 is 17.9 Å². The highest BCUT2D eigenvalue weighted by atomic mass is 16.5. The van der Waals surface area contributed by atoms with Crippen molar-refractivity contribution in [1.82, 2.24) is 0 Å². The molecule has 0 spiro atoms. The number of methoxy groups -OCH3 is 1. The van der Waals surface area contributed by atoms with Gasteiger partial charge >= 0.3 is 0 Å². The molecule has 2 aromatic rings. The molecule has 5 nitrogen and oxygen atoms in total. The molecule has 3 rings (SSSR count). The topological polar surface area (TPSA) is 55.8 Å². The first kappa shape index (κ1) is 15.1. The van der Waals surface area contributed by atoms with Crippen molar-refractivity contribution in [3.05, 3.63) is 53.6 Å². The van der Waals surface area contributed by atoms with Gasteiger partial charge < -0.3 is 14.4 Å². The van der Waals surface area contributed by atoms with Crippen LogP contribution < -0.4 is 14.4 Å². The maximum absolute atomic E-state index is 12.4. The van der Waals surface area contributed by atoms with Gasteiger partial charge in [0.05, 0.1) is 7.11 Å². The molecule has 0 aliphatic carbocycles. The van der Waals surface area contributed by atoms with Gasteiger partial charge in [0.2, 0.25) is 0 Å². The summed E-state index contributed by atoms with van der Waals surface area (Å²) in [6, 6.07) is 12.7. The summed E-state index contributed by atoms with van der Waals surface area (Å²) in [5.41, 5.74) is 2.62. The maximum Gasteiger partial charge on any atom is 0.264 e. The quantitative estimate of drug-likeness (QED) is 0.796. The summed E-state index contributed by atoms with van der Waals surface area (Å²) in [6.45, 7) is 0.591. The van der Waals surface area contributed by atoms with Crippen LogP contribution in [0.15, 0.2) is 42.5 Å². The lowest BCUT2D eigenvalue weighted by Crippen LogP contribution is -2.33. The molecule has 0 atom stereocenters. The predicted octanol–water partition coefficient (Wildman–Crippen LogP) is 2.48. The Kier molecular flexibility index (Phi) is 4.28. The fourth-order valence-corrected chi connectivity index (χ4v) is 2.69. The van der Waals surface area contributed by atoms with E-state index in [4.69, 9.17) is 9.47 Å². The zero-order chi connectivity index (χ0) is 16.2. The van der Waals surface area contributed by atoms with Gasteiger partial charge in [-0.05, 0) is 36.2 Å². The molecule has 0 aromatic heterocycles. The Bertz CT molecular complexity index is 742. The lowest BCUT2D eigenvalue weighted by atomic mass is 10.2. The fraction of sp³-hybridized carbons (Fsp3) is 0.222. The second kappa shape index (κ2) is 6.52. The van der Waals surface area contributed by atoms with E-state index in [1.54, 1.807) is 23.1 Å². The minimum atomic E-state index is -0.100. The average Bonchev–Trinajstić information content (AvgIpc) is 3.03. The standard InChI is InChI=1S/C18H17NO4/c1-22-17-10-13(11-20)6-7-16(17)23-12-18(21)19-9-8-14-4-2-3-5-15(14)19/h2-7,10-11H,8-9,12H2,1H3. The van der Waals surface area contributed by atoms with Crippen molar-refractivity contribution in [3.8, 4) is 11.5 Å². The van der Waals surface area contributed by atoms with Crippen molar-refractivity contribution in [1.29, 1.82) is 0 Å². The third kappa shape index (κ3) is 3.04. The van der Waals surface area contributed by atoms with Crippen molar-refractivity contribution in [2.75, 3.05) is 25.2 Å². The highest BCUT2D eigenvalue weighted by molar-refractivity contribution is 5.96. The van der Waals surface area contributed by atoms with Crippen molar-refractivity contribution in [2.24, 2.45) is 0 Å². The van der Waals surface area contributed by atoms with Gasteiger partial charge in [0, 0.05) is 17.8 Å². The first-order valence-corrected chi connectivity index (χ1v) is 7.37. The van der Waals surface area contributed by atoms with E-state index < -0.39 is 0 Å². The van der Waals surface area contributed by atoms with Gasteiger partial charge in [0.1, 0.15) is 6.29 Å². The molecular formula is C18H17NO4. The zero-order valence-corrected chi connectivity index (χ0v) is 12.8. The number of ether oxygens (including phenoxy) is 2. The molecule has 1 heterocycles. The number of benzene rings is 2. The highest BCUT2D eigenvalue weighted by Crippen LogP contribution is 2.29. The van der Waals surface area contributed by atoms with E-state index in [-0.39, 0.29) is 12.5 Å². The normalized spacial score (nSPS) is 12.7.